The molecule has 0 aromatic carbocycles. The van der Waals surface area contributed by atoms with Crippen molar-refractivity contribution in [3.8, 4) is 0 Å². The number of carbonyl (C=O) groups is 1. The van der Waals surface area contributed by atoms with Crippen LogP contribution < -0.4 is 0 Å². The van der Waals surface area contributed by atoms with Crippen molar-refractivity contribution in [1.82, 2.24) is 0 Å². The minimum absolute atomic E-state index is 0.530. The van der Waals surface area contributed by atoms with Crippen LogP contribution in [0.25, 0.3) is 0 Å². The molecule has 0 radical (unpaired) electrons. The topological polar surface area (TPSA) is 72.8 Å². The zero-order chi connectivity index (χ0) is 15.5. The summed E-state index contributed by atoms with van der Waals surface area (Å²) < 4.78 is 91.4. The lowest BCUT2D eigenvalue weighted by molar-refractivity contribution is -0.220. The van der Waals surface area contributed by atoms with E-state index in [1.807, 2.05) is 0 Å². The number of hydrogen-bond acceptors (Lipinski definition) is 4. The highest BCUT2D eigenvalue weighted by atomic mass is 31.1. The maximum atomic E-state index is 12.2. The minimum Gasteiger partial charge on any atom is -0.467 e. The van der Waals surface area contributed by atoms with E-state index in [0.29, 0.717) is 7.11 Å². The Bertz CT molecular complexity index is 335. The standard InChI is InChI=1S/C7H9F6O5P/c1-17-4(14)5(18-19(15)16,2-6(8,9)10)3-7(11,12)13/h19H,2-3H2,1H3,(H,15,16). The summed E-state index contributed by atoms with van der Waals surface area (Å²) in [6.45, 7) is 0. The van der Waals surface area contributed by atoms with Gasteiger partial charge in [-0.1, -0.05) is 0 Å². The molecule has 1 N–H and O–H groups in total. The van der Waals surface area contributed by atoms with E-state index < -0.39 is 45.0 Å². The number of hydrogen-bond donors (Lipinski definition) is 1. The fraction of sp³-hybridized carbons (Fsp3) is 0.857. The van der Waals surface area contributed by atoms with Crippen molar-refractivity contribution >= 4 is 14.2 Å². The highest BCUT2D eigenvalue weighted by molar-refractivity contribution is 7.32. The number of carbonyl (C=O) groups excluding carboxylic acids is 1. The van der Waals surface area contributed by atoms with Gasteiger partial charge in [0, 0.05) is 0 Å². The van der Waals surface area contributed by atoms with Crippen molar-refractivity contribution in [2.24, 2.45) is 0 Å². The molecule has 5 nitrogen and oxygen atoms in total. The summed E-state index contributed by atoms with van der Waals surface area (Å²) in [5.74, 6) is -2.03. The third-order valence-corrected chi connectivity index (χ3v) is 2.38. The van der Waals surface area contributed by atoms with Gasteiger partial charge in [-0.25, -0.2) is 4.79 Å². The Morgan fingerprint density at radius 3 is 1.68 bits per heavy atom. The van der Waals surface area contributed by atoms with E-state index in [4.69, 9.17) is 4.89 Å². The fourth-order valence-electron chi connectivity index (χ4n) is 1.32. The van der Waals surface area contributed by atoms with Crippen LogP contribution in [0.2, 0.25) is 0 Å². The van der Waals surface area contributed by atoms with Gasteiger partial charge in [-0.2, -0.15) is 26.3 Å². The molecule has 12 heteroatoms. The van der Waals surface area contributed by atoms with Crippen molar-refractivity contribution in [1.29, 1.82) is 0 Å². The lowest BCUT2D eigenvalue weighted by Crippen LogP contribution is -2.48. The van der Waals surface area contributed by atoms with Crippen molar-refractivity contribution in [2.75, 3.05) is 7.11 Å². The smallest absolute Gasteiger partial charge is 0.392 e. The van der Waals surface area contributed by atoms with Crippen molar-refractivity contribution in [2.45, 2.75) is 30.8 Å². The van der Waals surface area contributed by atoms with Gasteiger partial charge < -0.3 is 9.63 Å². The molecule has 19 heavy (non-hydrogen) atoms. The summed E-state index contributed by atoms with van der Waals surface area (Å²) in [6, 6.07) is 0. The van der Waals surface area contributed by atoms with Gasteiger partial charge in [0.2, 0.25) is 0 Å². The first kappa shape index (κ1) is 18.2. The first-order chi connectivity index (χ1) is 8.31. The van der Waals surface area contributed by atoms with Gasteiger partial charge in [-0.3, -0.25) is 9.09 Å². The first-order valence-electron chi connectivity index (χ1n) is 4.45. The van der Waals surface area contributed by atoms with Crippen LogP contribution in [-0.2, 0) is 18.6 Å². The van der Waals surface area contributed by atoms with Crippen molar-refractivity contribution in [3.05, 3.63) is 0 Å². The molecule has 0 aromatic rings. The van der Waals surface area contributed by atoms with Crippen molar-refractivity contribution < 1.29 is 49.9 Å². The third kappa shape index (κ3) is 6.79. The summed E-state index contributed by atoms with van der Waals surface area (Å²) in [7, 11) is -3.71. The summed E-state index contributed by atoms with van der Waals surface area (Å²) in [5.41, 5.74) is -3.63. The Labute approximate surface area is 103 Å². The molecule has 0 fully saturated rings. The molecule has 0 heterocycles. The Morgan fingerprint density at radius 2 is 1.47 bits per heavy atom. The number of alkyl halides is 6. The molecule has 0 aromatic heterocycles. The highest BCUT2D eigenvalue weighted by Gasteiger charge is 2.56. The summed E-state index contributed by atoms with van der Waals surface area (Å²) in [4.78, 5) is 19.6. The van der Waals surface area contributed by atoms with Gasteiger partial charge in [0.05, 0.1) is 20.0 Å². The molecule has 114 valence electrons. The normalized spacial score (nSPS) is 15.2. The largest absolute Gasteiger partial charge is 0.467 e. The lowest BCUT2D eigenvalue weighted by atomic mass is 9.95. The van der Waals surface area contributed by atoms with E-state index in [1.54, 1.807) is 0 Å². The van der Waals surface area contributed by atoms with Gasteiger partial charge in [0.1, 0.15) is 0 Å². The van der Waals surface area contributed by atoms with E-state index in [1.165, 1.54) is 0 Å². The maximum Gasteiger partial charge on any atom is 0.392 e. The average Bonchev–Trinajstić information content (AvgIpc) is 2.09. The van der Waals surface area contributed by atoms with Gasteiger partial charge in [0.25, 0.3) is 0 Å². The Hall–Kier alpha value is -0.800. The zero-order valence-electron chi connectivity index (χ0n) is 9.26. The number of ether oxygens (including phenoxy) is 1. The van der Waals surface area contributed by atoms with Crippen LogP contribution in [0, 0.1) is 0 Å². The Kier molecular flexibility index (Phi) is 5.84. The second-order valence-electron chi connectivity index (χ2n) is 3.44. The number of rotatable bonds is 5. The van der Waals surface area contributed by atoms with Crippen LogP contribution in [-0.4, -0.2) is 35.9 Å². The predicted octanol–water partition coefficient (Wildman–Crippen LogP) is 2.20. The van der Waals surface area contributed by atoms with Crippen LogP contribution >= 0.6 is 8.25 Å². The lowest BCUT2D eigenvalue weighted by Gasteiger charge is -2.31. The molecule has 0 aliphatic rings. The first-order valence-corrected chi connectivity index (χ1v) is 5.71. The average molecular weight is 318 g/mol. The van der Waals surface area contributed by atoms with Gasteiger partial charge >= 0.3 is 26.6 Å². The van der Waals surface area contributed by atoms with E-state index in [0.717, 1.165) is 0 Å². The minimum atomic E-state index is -5.24. The maximum absolute atomic E-state index is 12.2. The van der Waals surface area contributed by atoms with Gasteiger partial charge in [0.15, 0.2) is 5.60 Å². The monoisotopic (exact) mass is 318 g/mol. The molecular weight excluding hydrogens is 309 g/mol. The van der Waals surface area contributed by atoms with E-state index >= 15 is 0 Å². The second-order valence-corrected chi connectivity index (χ2v) is 4.17. The molecule has 0 spiro atoms. The summed E-state index contributed by atoms with van der Waals surface area (Å²) in [5, 5.41) is 0. The van der Waals surface area contributed by atoms with Gasteiger partial charge in [-0.05, 0) is 0 Å². The van der Waals surface area contributed by atoms with Crippen molar-refractivity contribution in [3.63, 3.8) is 0 Å². The molecule has 0 saturated carbocycles. The van der Waals surface area contributed by atoms with Gasteiger partial charge in [-0.15, -0.1) is 0 Å². The SMILES string of the molecule is COC(=O)C(CC(F)(F)F)(CC(F)(F)F)O[PH](=O)O. The number of methoxy groups -OCH3 is 1. The Balaban J connectivity index is 5.57. The van der Waals surface area contributed by atoms with E-state index in [9.17, 15) is 35.7 Å². The third-order valence-electron chi connectivity index (χ3n) is 1.81. The molecule has 0 aliphatic carbocycles. The van der Waals surface area contributed by atoms with Crippen LogP contribution in [0.4, 0.5) is 26.3 Å². The zero-order valence-corrected chi connectivity index (χ0v) is 10.3. The van der Waals surface area contributed by atoms with Crippen LogP contribution in [0.5, 0.6) is 0 Å². The van der Waals surface area contributed by atoms with Crippen LogP contribution in [0.15, 0.2) is 0 Å². The molecule has 0 bridgehead atoms. The number of halogens is 6. The van der Waals surface area contributed by atoms with Crippen LogP contribution in [0.3, 0.4) is 0 Å². The van der Waals surface area contributed by atoms with E-state index in [2.05, 4.69) is 9.26 Å². The highest BCUT2D eigenvalue weighted by Crippen LogP contribution is 2.43. The molecule has 0 aliphatic heterocycles. The molecule has 0 rings (SSSR count). The van der Waals surface area contributed by atoms with E-state index in [-0.39, 0.29) is 0 Å². The fourth-order valence-corrected chi connectivity index (χ4v) is 1.88. The summed E-state index contributed by atoms with van der Waals surface area (Å²) >= 11 is 0. The van der Waals surface area contributed by atoms with Crippen LogP contribution in [0.1, 0.15) is 12.8 Å². The molecule has 0 amide bonds. The summed E-state index contributed by atoms with van der Waals surface area (Å²) in [6.07, 6.45) is -15.3. The Morgan fingerprint density at radius 1 is 1.11 bits per heavy atom. The predicted molar refractivity (Wildman–Crippen MR) is 48.4 cm³/mol. The molecule has 1 atom stereocenters. The second kappa shape index (κ2) is 6.10. The quantitative estimate of drug-likeness (QED) is 0.478. The number of esters is 1. The molecular formula is C7H9F6O5P. The molecule has 0 saturated heterocycles. The molecule has 1 unspecified atom stereocenters.